The minimum Gasteiger partial charge on any atom is -0.289 e. The van der Waals surface area contributed by atoms with Crippen LogP contribution in [-0.2, 0) is 0 Å². The molecule has 0 saturated carbocycles. The van der Waals surface area contributed by atoms with E-state index in [0.717, 1.165) is 29.4 Å². The molecule has 4 rings (SSSR count). The maximum absolute atomic E-state index is 12.2. The summed E-state index contributed by atoms with van der Waals surface area (Å²) >= 11 is 4.46. The highest BCUT2D eigenvalue weighted by Gasteiger charge is 2.13. The summed E-state index contributed by atoms with van der Waals surface area (Å²) in [6, 6.07) is 33.8. The van der Waals surface area contributed by atoms with Gasteiger partial charge < -0.3 is 0 Å². The van der Waals surface area contributed by atoms with Crippen LogP contribution in [0.5, 0.6) is 0 Å². The quantitative estimate of drug-likeness (QED) is 0.182. The second-order valence-corrected chi connectivity index (χ2v) is 8.60. The normalized spacial score (nSPS) is 9.93. The molecule has 4 aromatic rings. The summed E-state index contributed by atoms with van der Waals surface area (Å²) in [5.41, 5.74) is 2.98. The number of ketones is 2. The molecular weight excluding hydrogens is 598 g/mol. The van der Waals surface area contributed by atoms with Crippen LogP contribution in [0.2, 0.25) is 0 Å². The van der Waals surface area contributed by atoms with Gasteiger partial charge in [0.05, 0.1) is 0 Å². The number of benzene rings is 4. The standard InChI is InChI=1S/C13H8I2O.C13H10O/c14-11-8-4-7-10(12(11)15)13(16)9-5-2-1-3-6-9;14-13(11-7-3-1-4-8-11)12-9-5-2-6-10-12/h1-8H;1-10H. The third-order valence-electron chi connectivity index (χ3n) is 4.30. The first-order valence-corrected chi connectivity index (χ1v) is 11.4. The first-order valence-electron chi connectivity index (χ1n) is 9.26. The monoisotopic (exact) mass is 616 g/mol. The maximum atomic E-state index is 12.2. The fraction of sp³-hybridized carbons (Fsp3) is 0. The van der Waals surface area contributed by atoms with Crippen molar-refractivity contribution < 1.29 is 9.59 Å². The lowest BCUT2D eigenvalue weighted by molar-refractivity contribution is 0.103. The fourth-order valence-corrected chi connectivity index (χ4v) is 3.87. The minimum absolute atomic E-state index is 0.0752. The number of carbonyl (C=O) groups excluding carboxylic acids is 2. The SMILES string of the molecule is O=C(c1ccccc1)c1cccc(I)c1I.O=C(c1ccccc1)c1ccccc1. The van der Waals surface area contributed by atoms with E-state index < -0.39 is 0 Å². The Morgan fingerprint density at radius 1 is 0.467 bits per heavy atom. The van der Waals surface area contributed by atoms with Crippen LogP contribution in [0.25, 0.3) is 0 Å². The van der Waals surface area contributed by atoms with E-state index in [4.69, 9.17) is 0 Å². The van der Waals surface area contributed by atoms with Crippen LogP contribution in [0.1, 0.15) is 31.8 Å². The molecule has 0 aliphatic heterocycles. The lowest BCUT2D eigenvalue weighted by Gasteiger charge is -2.05. The molecule has 0 aliphatic rings. The van der Waals surface area contributed by atoms with Crippen LogP contribution >= 0.6 is 45.2 Å². The molecule has 0 aliphatic carbocycles. The Balaban J connectivity index is 0.000000172. The Morgan fingerprint density at radius 3 is 1.30 bits per heavy atom. The van der Waals surface area contributed by atoms with Crippen molar-refractivity contribution in [2.45, 2.75) is 0 Å². The summed E-state index contributed by atoms with van der Waals surface area (Å²) in [6.45, 7) is 0. The van der Waals surface area contributed by atoms with Gasteiger partial charge in [0.2, 0.25) is 0 Å². The topological polar surface area (TPSA) is 34.1 Å². The lowest BCUT2D eigenvalue weighted by Crippen LogP contribution is -2.04. The summed E-state index contributed by atoms with van der Waals surface area (Å²) in [5, 5.41) is 0. The minimum atomic E-state index is 0.0752. The highest BCUT2D eigenvalue weighted by Crippen LogP contribution is 2.21. The van der Waals surface area contributed by atoms with Crippen LogP contribution in [0, 0.1) is 7.14 Å². The van der Waals surface area contributed by atoms with E-state index >= 15 is 0 Å². The number of rotatable bonds is 4. The van der Waals surface area contributed by atoms with Crippen LogP contribution in [0.3, 0.4) is 0 Å². The third kappa shape index (κ3) is 5.86. The molecule has 30 heavy (non-hydrogen) atoms. The van der Waals surface area contributed by atoms with Gasteiger partial charge in [-0.1, -0.05) is 97.1 Å². The zero-order chi connectivity index (χ0) is 21.3. The fourth-order valence-electron chi connectivity index (χ4n) is 2.77. The molecule has 0 fully saturated rings. The molecule has 2 nitrogen and oxygen atoms in total. The van der Waals surface area contributed by atoms with Crippen LogP contribution < -0.4 is 0 Å². The molecule has 0 N–H and O–H groups in total. The lowest BCUT2D eigenvalue weighted by atomic mass is 10.0. The maximum Gasteiger partial charge on any atom is 0.194 e. The van der Waals surface area contributed by atoms with Crippen molar-refractivity contribution in [3.63, 3.8) is 0 Å². The Kier molecular flexibility index (Phi) is 8.33. The van der Waals surface area contributed by atoms with Crippen molar-refractivity contribution in [1.29, 1.82) is 0 Å². The van der Waals surface area contributed by atoms with Gasteiger partial charge in [0, 0.05) is 29.4 Å². The zero-order valence-electron chi connectivity index (χ0n) is 16.0. The van der Waals surface area contributed by atoms with E-state index in [1.165, 1.54) is 0 Å². The first-order chi connectivity index (χ1) is 14.6. The molecule has 4 heteroatoms. The Morgan fingerprint density at radius 2 is 0.867 bits per heavy atom. The summed E-state index contributed by atoms with van der Waals surface area (Å²) < 4.78 is 2.13. The molecule has 148 valence electrons. The van der Waals surface area contributed by atoms with Gasteiger partial charge in [-0.15, -0.1) is 0 Å². The molecule has 0 spiro atoms. The predicted molar refractivity (Wildman–Crippen MR) is 138 cm³/mol. The smallest absolute Gasteiger partial charge is 0.194 e. The molecule has 4 aromatic carbocycles. The van der Waals surface area contributed by atoms with Gasteiger partial charge in [0.1, 0.15) is 0 Å². The van der Waals surface area contributed by atoms with E-state index in [2.05, 4.69) is 45.2 Å². The average molecular weight is 616 g/mol. The van der Waals surface area contributed by atoms with Gasteiger partial charge in [-0.2, -0.15) is 0 Å². The Labute approximate surface area is 203 Å². The van der Waals surface area contributed by atoms with Crippen LogP contribution in [0.4, 0.5) is 0 Å². The van der Waals surface area contributed by atoms with E-state index in [-0.39, 0.29) is 11.6 Å². The summed E-state index contributed by atoms with van der Waals surface area (Å²) in [7, 11) is 0. The summed E-state index contributed by atoms with van der Waals surface area (Å²) in [6.07, 6.45) is 0. The van der Waals surface area contributed by atoms with E-state index in [0.29, 0.717) is 0 Å². The predicted octanol–water partition coefficient (Wildman–Crippen LogP) is 7.04. The zero-order valence-corrected chi connectivity index (χ0v) is 20.3. The molecule has 0 atom stereocenters. The number of carbonyl (C=O) groups is 2. The largest absolute Gasteiger partial charge is 0.289 e. The molecule has 0 heterocycles. The first kappa shape index (κ1) is 22.4. The van der Waals surface area contributed by atoms with Gasteiger partial charge in [0.15, 0.2) is 11.6 Å². The van der Waals surface area contributed by atoms with Crippen molar-refractivity contribution in [2.75, 3.05) is 0 Å². The van der Waals surface area contributed by atoms with E-state index in [1.807, 2.05) is 109 Å². The van der Waals surface area contributed by atoms with E-state index in [1.54, 1.807) is 0 Å². The highest BCUT2D eigenvalue weighted by atomic mass is 127. The van der Waals surface area contributed by atoms with Gasteiger partial charge in [-0.3, -0.25) is 9.59 Å². The number of hydrogen-bond acceptors (Lipinski definition) is 2. The number of halogens is 2. The molecule has 0 amide bonds. The highest BCUT2D eigenvalue weighted by molar-refractivity contribution is 14.1. The summed E-state index contributed by atoms with van der Waals surface area (Å²) in [5.74, 6) is 0.162. The Bertz CT molecular complexity index is 1080. The molecular formula is C26H18I2O2. The van der Waals surface area contributed by atoms with Crippen LogP contribution in [0.15, 0.2) is 109 Å². The van der Waals surface area contributed by atoms with Gasteiger partial charge in [-0.05, 0) is 57.3 Å². The van der Waals surface area contributed by atoms with Gasteiger partial charge in [0.25, 0.3) is 0 Å². The Hall–Kier alpha value is -2.32. The van der Waals surface area contributed by atoms with Crippen LogP contribution in [-0.4, -0.2) is 11.6 Å². The molecule has 0 aromatic heterocycles. The molecule has 0 bridgehead atoms. The van der Waals surface area contributed by atoms with Crippen molar-refractivity contribution in [3.8, 4) is 0 Å². The second kappa shape index (κ2) is 11.2. The average Bonchev–Trinajstić information content (AvgIpc) is 2.82. The van der Waals surface area contributed by atoms with Crippen molar-refractivity contribution in [2.24, 2.45) is 0 Å². The van der Waals surface area contributed by atoms with Crippen molar-refractivity contribution >= 4 is 56.7 Å². The second-order valence-electron chi connectivity index (χ2n) is 6.36. The van der Waals surface area contributed by atoms with Crippen molar-refractivity contribution in [1.82, 2.24) is 0 Å². The van der Waals surface area contributed by atoms with Crippen molar-refractivity contribution in [3.05, 3.63) is 139 Å². The molecule has 0 radical (unpaired) electrons. The summed E-state index contributed by atoms with van der Waals surface area (Å²) in [4.78, 5) is 24.1. The van der Waals surface area contributed by atoms with Gasteiger partial charge >= 0.3 is 0 Å². The molecule has 0 unspecified atom stereocenters. The third-order valence-corrected chi connectivity index (χ3v) is 7.40. The van der Waals surface area contributed by atoms with Gasteiger partial charge in [-0.25, -0.2) is 0 Å². The number of hydrogen-bond donors (Lipinski definition) is 0. The van der Waals surface area contributed by atoms with E-state index in [9.17, 15) is 9.59 Å². The molecule has 0 saturated heterocycles.